The fourth-order valence-corrected chi connectivity index (χ4v) is 1.57. The fraction of sp³-hybridized carbons (Fsp3) is 0.667. The Kier molecular flexibility index (Phi) is 2.22. The lowest BCUT2D eigenvalue weighted by atomic mass is 10.1. The second kappa shape index (κ2) is 3.38. The Balaban J connectivity index is 2.12. The van der Waals surface area contributed by atoms with Crippen LogP contribution in [0.2, 0.25) is 0 Å². The molecule has 0 saturated carbocycles. The molecule has 0 aromatic rings. The minimum absolute atomic E-state index is 0.0934. The first kappa shape index (κ1) is 8.56. The molecule has 0 amide bonds. The molecule has 2 fully saturated rings. The van der Waals surface area contributed by atoms with Crippen LogP contribution in [0.4, 0.5) is 0 Å². The molecule has 0 aliphatic carbocycles. The van der Waals surface area contributed by atoms with Gasteiger partial charge < -0.3 is 14.2 Å². The van der Waals surface area contributed by atoms with Crippen molar-refractivity contribution in [2.75, 3.05) is 20.3 Å². The second-order valence-corrected chi connectivity index (χ2v) is 3.16. The van der Waals surface area contributed by atoms with Gasteiger partial charge >= 0.3 is 5.97 Å². The van der Waals surface area contributed by atoms with Crippen molar-refractivity contribution in [1.29, 1.82) is 0 Å². The van der Waals surface area contributed by atoms with Crippen LogP contribution in [0.1, 0.15) is 12.8 Å². The van der Waals surface area contributed by atoms with Crippen molar-refractivity contribution in [3.05, 3.63) is 11.3 Å². The maximum atomic E-state index is 11.2. The monoisotopic (exact) mass is 184 g/mol. The van der Waals surface area contributed by atoms with Crippen molar-refractivity contribution in [3.63, 3.8) is 0 Å². The molecule has 0 radical (unpaired) electrons. The minimum Gasteiger partial charge on any atom is -0.495 e. The van der Waals surface area contributed by atoms with Gasteiger partial charge in [-0.2, -0.15) is 0 Å². The summed E-state index contributed by atoms with van der Waals surface area (Å²) in [4.78, 5) is 11.2. The number of ether oxygens (including phenoxy) is 3. The topological polar surface area (TPSA) is 44.8 Å². The van der Waals surface area contributed by atoms with Crippen molar-refractivity contribution < 1.29 is 19.0 Å². The lowest BCUT2D eigenvalue weighted by molar-refractivity contribution is -0.135. The molecule has 0 bridgehead atoms. The molecule has 2 saturated heterocycles. The van der Waals surface area contributed by atoms with Gasteiger partial charge in [0.25, 0.3) is 0 Å². The van der Waals surface area contributed by atoms with Gasteiger partial charge in [-0.1, -0.05) is 0 Å². The van der Waals surface area contributed by atoms with E-state index in [0.717, 1.165) is 5.76 Å². The first-order valence-electron chi connectivity index (χ1n) is 4.36. The van der Waals surface area contributed by atoms with Gasteiger partial charge in [-0.25, -0.2) is 4.79 Å². The third kappa shape index (κ3) is 1.54. The Morgan fingerprint density at radius 1 is 1.46 bits per heavy atom. The van der Waals surface area contributed by atoms with Crippen LogP contribution in [-0.4, -0.2) is 32.4 Å². The smallest absolute Gasteiger partial charge is 0.337 e. The lowest BCUT2D eigenvalue weighted by Crippen LogP contribution is -2.08. The molecule has 0 aromatic carbocycles. The molecule has 13 heavy (non-hydrogen) atoms. The van der Waals surface area contributed by atoms with Crippen LogP contribution in [0, 0.1) is 0 Å². The molecule has 0 N–H and O–H groups in total. The van der Waals surface area contributed by atoms with Crippen LogP contribution in [0.3, 0.4) is 0 Å². The third-order valence-corrected chi connectivity index (χ3v) is 2.36. The number of hydrogen-bond donors (Lipinski definition) is 0. The summed E-state index contributed by atoms with van der Waals surface area (Å²) in [5.74, 6) is 0.529. The van der Waals surface area contributed by atoms with E-state index in [1.54, 1.807) is 7.11 Å². The van der Waals surface area contributed by atoms with E-state index in [1.165, 1.54) is 0 Å². The van der Waals surface area contributed by atoms with Crippen molar-refractivity contribution in [2.24, 2.45) is 0 Å². The largest absolute Gasteiger partial charge is 0.495 e. The molecular formula is C9H12O4. The highest BCUT2D eigenvalue weighted by Crippen LogP contribution is 2.27. The van der Waals surface area contributed by atoms with E-state index in [0.29, 0.717) is 31.6 Å². The first-order chi connectivity index (χ1) is 6.31. The van der Waals surface area contributed by atoms with E-state index in [4.69, 9.17) is 14.2 Å². The number of rotatable bonds is 1. The summed E-state index contributed by atoms with van der Waals surface area (Å²) in [5.41, 5.74) is 0.694. The van der Waals surface area contributed by atoms with Crippen molar-refractivity contribution in [2.45, 2.75) is 18.9 Å². The van der Waals surface area contributed by atoms with Crippen LogP contribution in [0.5, 0.6) is 0 Å². The molecule has 4 nitrogen and oxygen atoms in total. The van der Waals surface area contributed by atoms with E-state index >= 15 is 0 Å². The average Bonchev–Trinajstić information content (AvgIpc) is 2.71. The summed E-state index contributed by atoms with van der Waals surface area (Å²) in [7, 11) is 1.65. The maximum Gasteiger partial charge on any atom is 0.337 e. The van der Waals surface area contributed by atoms with Crippen LogP contribution < -0.4 is 0 Å². The van der Waals surface area contributed by atoms with Gasteiger partial charge in [0.2, 0.25) is 0 Å². The highest BCUT2D eigenvalue weighted by atomic mass is 16.6. The first-order valence-corrected chi connectivity index (χ1v) is 4.36. The van der Waals surface area contributed by atoms with Crippen LogP contribution >= 0.6 is 0 Å². The Labute approximate surface area is 76.5 Å². The predicted octanol–water partition coefficient (Wildman–Crippen LogP) is 0.623. The van der Waals surface area contributed by atoms with Crippen molar-refractivity contribution in [3.8, 4) is 0 Å². The standard InChI is InChI=1S/C9H12O4/c1-11-6-4-8(13-5-6)7-2-3-12-9(7)10/h6H,2-5H2,1H3/b8-7+. The number of carbonyl (C=O) groups is 1. The van der Waals surface area contributed by atoms with E-state index in [9.17, 15) is 4.79 Å². The molecule has 4 heteroatoms. The molecule has 1 unspecified atom stereocenters. The average molecular weight is 184 g/mol. The number of hydrogen-bond acceptors (Lipinski definition) is 4. The van der Waals surface area contributed by atoms with Crippen LogP contribution in [0.25, 0.3) is 0 Å². The zero-order valence-electron chi connectivity index (χ0n) is 7.54. The van der Waals surface area contributed by atoms with Gasteiger partial charge in [-0.3, -0.25) is 0 Å². The van der Waals surface area contributed by atoms with Gasteiger partial charge in [0.05, 0.1) is 18.3 Å². The molecule has 0 spiro atoms. The molecule has 2 rings (SSSR count). The molecule has 72 valence electrons. The van der Waals surface area contributed by atoms with Gasteiger partial charge in [0, 0.05) is 20.0 Å². The summed E-state index contributed by atoms with van der Waals surface area (Å²) in [6, 6.07) is 0. The molecule has 2 aliphatic rings. The van der Waals surface area contributed by atoms with Gasteiger partial charge in [-0.05, 0) is 0 Å². The lowest BCUT2D eigenvalue weighted by Gasteiger charge is -1.99. The Hall–Kier alpha value is -1.03. The Morgan fingerprint density at radius 3 is 2.85 bits per heavy atom. The van der Waals surface area contributed by atoms with Gasteiger partial charge in [-0.15, -0.1) is 0 Å². The summed E-state index contributed by atoms with van der Waals surface area (Å²) in [6.45, 7) is 1.03. The summed E-state index contributed by atoms with van der Waals surface area (Å²) >= 11 is 0. The highest BCUT2D eigenvalue weighted by Gasteiger charge is 2.30. The van der Waals surface area contributed by atoms with Gasteiger partial charge in [0.1, 0.15) is 12.4 Å². The van der Waals surface area contributed by atoms with E-state index < -0.39 is 0 Å². The number of carbonyl (C=O) groups excluding carboxylic acids is 1. The zero-order valence-corrected chi connectivity index (χ0v) is 7.54. The quantitative estimate of drug-likeness (QED) is 0.442. The summed E-state index contributed by atoms with van der Waals surface area (Å²) in [5, 5.41) is 0. The summed E-state index contributed by atoms with van der Waals surface area (Å²) < 4.78 is 15.3. The van der Waals surface area contributed by atoms with Crippen LogP contribution in [0.15, 0.2) is 11.3 Å². The number of cyclic esters (lactones) is 1. The summed E-state index contributed by atoms with van der Waals surface area (Å²) in [6.07, 6.45) is 1.46. The maximum absolute atomic E-state index is 11.2. The number of methoxy groups -OCH3 is 1. The zero-order chi connectivity index (χ0) is 9.26. The van der Waals surface area contributed by atoms with E-state index in [1.807, 2.05) is 0 Å². The molecule has 1 atom stereocenters. The molecule has 2 aliphatic heterocycles. The SMILES string of the molecule is COC1CO/C(=C2\CCOC2=O)C1. The van der Waals surface area contributed by atoms with Crippen molar-refractivity contribution >= 4 is 5.97 Å². The highest BCUT2D eigenvalue weighted by molar-refractivity contribution is 5.90. The third-order valence-electron chi connectivity index (χ3n) is 2.36. The fourth-order valence-electron chi connectivity index (χ4n) is 1.57. The minimum atomic E-state index is -0.230. The predicted molar refractivity (Wildman–Crippen MR) is 44.0 cm³/mol. The molecular weight excluding hydrogens is 172 g/mol. The number of esters is 1. The molecule has 0 aromatic heterocycles. The van der Waals surface area contributed by atoms with Crippen LogP contribution in [-0.2, 0) is 19.0 Å². The van der Waals surface area contributed by atoms with E-state index in [-0.39, 0.29) is 12.1 Å². The van der Waals surface area contributed by atoms with Crippen molar-refractivity contribution in [1.82, 2.24) is 0 Å². The normalized spacial score (nSPS) is 33.3. The van der Waals surface area contributed by atoms with Gasteiger partial charge in [0.15, 0.2) is 0 Å². The molecule has 2 heterocycles. The second-order valence-electron chi connectivity index (χ2n) is 3.16. The Bertz CT molecular complexity index is 256. The van der Waals surface area contributed by atoms with E-state index in [2.05, 4.69) is 0 Å². The Morgan fingerprint density at radius 2 is 2.31 bits per heavy atom.